The fraction of sp³-hybridized carbons (Fsp3) is 0.0833. The minimum Gasteiger partial charge on any atom is -0.497 e. The second-order valence-corrected chi connectivity index (χ2v) is 4.44. The number of rotatable bonds is 3. The Labute approximate surface area is 118 Å². The SMILES string of the molecule is COc1ccc(N)c(C(=O)Nc2cnc(Br)cn2)c1. The number of nitrogens with two attached hydrogens (primary N) is 1. The van der Waals surface area contributed by atoms with E-state index in [0.717, 1.165) is 0 Å². The molecule has 1 aromatic carbocycles. The van der Waals surface area contributed by atoms with Crippen molar-refractivity contribution in [3.8, 4) is 5.75 Å². The molecule has 0 unspecified atom stereocenters. The Morgan fingerprint density at radius 1 is 1.37 bits per heavy atom. The summed E-state index contributed by atoms with van der Waals surface area (Å²) >= 11 is 3.16. The van der Waals surface area contributed by atoms with Crippen LogP contribution in [0.25, 0.3) is 0 Å². The summed E-state index contributed by atoms with van der Waals surface area (Å²) in [6, 6.07) is 4.86. The van der Waals surface area contributed by atoms with Crippen LogP contribution in [0, 0.1) is 0 Å². The highest BCUT2D eigenvalue weighted by Gasteiger charge is 2.12. The molecular formula is C12H11BrN4O2. The smallest absolute Gasteiger partial charge is 0.259 e. The zero-order valence-corrected chi connectivity index (χ0v) is 11.6. The Balaban J connectivity index is 2.22. The highest BCUT2D eigenvalue weighted by molar-refractivity contribution is 9.10. The van der Waals surface area contributed by atoms with Gasteiger partial charge in [-0.05, 0) is 34.1 Å². The van der Waals surface area contributed by atoms with Crippen molar-refractivity contribution in [1.29, 1.82) is 0 Å². The fourth-order valence-electron chi connectivity index (χ4n) is 1.42. The molecule has 98 valence electrons. The van der Waals surface area contributed by atoms with Crippen LogP contribution in [0.15, 0.2) is 35.2 Å². The lowest BCUT2D eigenvalue weighted by Crippen LogP contribution is -2.15. The van der Waals surface area contributed by atoms with Gasteiger partial charge in [0.05, 0.1) is 25.1 Å². The minimum atomic E-state index is -0.368. The van der Waals surface area contributed by atoms with E-state index in [1.165, 1.54) is 19.5 Å². The molecule has 2 rings (SSSR count). The third kappa shape index (κ3) is 3.19. The second kappa shape index (κ2) is 5.66. The Kier molecular flexibility index (Phi) is 3.96. The summed E-state index contributed by atoms with van der Waals surface area (Å²) in [5.41, 5.74) is 6.45. The van der Waals surface area contributed by atoms with Crippen molar-refractivity contribution in [2.75, 3.05) is 18.2 Å². The van der Waals surface area contributed by atoms with E-state index in [2.05, 4.69) is 31.2 Å². The molecule has 7 heteroatoms. The average Bonchev–Trinajstić information content (AvgIpc) is 2.42. The van der Waals surface area contributed by atoms with Crippen LogP contribution in [0.2, 0.25) is 0 Å². The van der Waals surface area contributed by atoms with E-state index in [1.807, 2.05) is 0 Å². The number of nitrogens with one attached hydrogen (secondary N) is 1. The first-order valence-corrected chi connectivity index (χ1v) is 6.12. The van der Waals surface area contributed by atoms with E-state index in [9.17, 15) is 4.79 Å². The van der Waals surface area contributed by atoms with Gasteiger partial charge in [-0.15, -0.1) is 0 Å². The number of benzene rings is 1. The quantitative estimate of drug-likeness (QED) is 0.844. The summed E-state index contributed by atoms with van der Waals surface area (Å²) in [4.78, 5) is 20.0. The van der Waals surface area contributed by atoms with Crippen molar-refractivity contribution in [3.63, 3.8) is 0 Å². The number of methoxy groups -OCH3 is 1. The summed E-state index contributed by atoms with van der Waals surface area (Å²) in [5.74, 6) is 0.532. The van der Waals surface area contributed by atoms with E-state index < -0.39 is 0 Å². The van der Waals surface area contributed by atoms with Gasteiger partial charge in [0.1, 0.15) is 10.4 Å². The van der Waals surface area contributed by atoms with Gasteiger partial charge in [0.15, 0.2) is 5.82 Å². The van der Waals surface area contributed by atoms with E-state index in [1.54, 1.807) is 18.2 Å². The van der Waals surface area contributed by atoms with Crippen LogP contribution in [0.1, 0.15) is 10.4 Å². The van der Waals surface area contributed by atoms with Crippen molar-refractivity contribution in [1.82, 2.24) is 9.97 Å². The second-order valence-electron chi connectivity index (χ2n) is 3.63. The van der Waals surface area contributed by atoms with Crippen molar-refractivity contribution < 1.29 is 9.53 Å². The molecule has 1 aromatic heterocycles. The number of nitrogens with zero attached hydrogens (tertiary/aromatic N) is 2. The van der Waals surface area contributed by atoms with Gasteiger partial charge in [-0.2, -0.15) is 0 Å². The lowest BCUT2D eigenvalue weighted by Gasteiger charge is -2.08. The zero-order valence-electron chi connectivity index (χ0n) is 10.1. The third-order valence-electron chi connectivity index (χ3n) is 2.37. The molecule has 0 saturated carbocycles. The number of aromatic nitrogens is 2. The molecule has 0 fully saturated rings. The summed E-state index contributed by atoms with van der Waals surface area (Å²) in [7, 11) is 1.52. The van der Waals surface area contributed by atoms with Crippen molar-refractivity contribution in [2.24, 2.45) is 0 Å². The minimum absolute atomic E-state index is 0.323. The number of nitrogen functional groups attached to an aromatic ring is 1. The number of ether oxygens (including phenoxy) is 1. The average molecular weight is 323 g/mol. The van der Waals surface area contributed by atoms with E-state index >= 15 is 0 Å². The van der Waals surface area contributed by atoms with Crippen molar-refractivity contribution in [3.05, 3.63) is 40.8 Å². The van der Waals surface area contributed by atoms with Crippen LogP contribution in [-0.2, 0) is 0 Å². The Hall–Kier alpha value is -2.15. The number of amides is 1. The van der Waals surface area contributed by atoms with Crippen LogP contribution in [0.5, 0.6) is 5.75 Å². The van der Waals surface area contributed by atoms with Gasteiger partial charge < -0.3 is 15.8 Å². The molecule has 6 nitrogen and oxygen atoms in total. The van der Waals surface area contributed by atoms with E-state index in [4.69, 9.17) is 10.5 Å². The number of hydrogen-bond acceptors (Lipinski definition) is 5. The van der Waals surface area contributed by atoms with Crippen LogP contribution < -0.4 is 15.8 Å². The summed E-state index contributed by atoms with van der Waals surface area (Å²) < 4.78 is 5.65. The molecule has 0 atom stereocenters. The van der Waals surface area contributed by atoms with Gasteiger partial charge in [-0.25, -0.2) is 9.97 Å². The maximum absolute atomic E-state index is 12.1. The molecule has 0 aliphatic heterocycles. The number of carbonyl (C=O) groups excluding carboxylic acids is 1. The largest absolute Gasteiger partial charge is 0.497 e. The predicted octanol–water partition coefficient (Wildman–Crippen LogP) is 2.08. The van der Waals surface area contributed by atoms with Crippen molar-refractivity contribution >= 4 is 33.3 Å². The Bertz CT molecular complexity index is 601. The van der Waals surface area contributed by atoms with Gasteiger partial charge in [-0.1, -0.05) is 0 Å². The fourth-order valence-corrected chi connectivity index (χ4v) is 1.62. The van der Waals surface area contributed by atoms with Gasteiger partial charge >= 0.3 is 0 Å². The number of halogens is 1. The summed E-state index contributed by atoms with van der Waals surface area (Å²) in [6.45, 7) is 0. The highest BCUT2D eigenvalue weighted by atomic mass is 79.9. The molecule has 0 saturated heterocycles. The summed E-state index contributed by atoms with van der Waals surface area (Å²) in [6.07, 6.45) is 2.93. The molecule has 0 spiro atoms. The van der Waals surface area contributed by atoms with Crippen molar-refractivity contribution in [2.45, 2.75) is 0 Å². The lowest BCUT2D eigenvalue weighted by molar-refractivity contribution is 0.102. The maximum atomic E-state index is 12.1. The van der Waals surface area contributed by atoms with E-state index in [0.29, 0.717) is 27.4 Å². The monoisotopic (exact) mass is 322 g/mol. The van der Waals surface area contributed by atoms with Gasteiger partial charge in [0, 0.05) is 5.69 Å². The van der Waals surface area contributed by atoms with Gasteiger partial charge in [0.2, 0.25) is 0 Å². The molecule has 0 radical (unpaired) electrons. The molecule has 3 N–H and O–H groups in total. The lowest BCUT2D eigenvalue weighted by atomic mass is 10.1. The molecule has 1 amide bonds. The first kappa shape index (κ1) is 13.3. The van der Waals surface area contributed by atoms with E-state index in [-0.39, 0.29) is 5.91 Å². The molecule has 0 aliphatic carbocycles. The summed E-state index contributed by atoms with van der Waals surface area (Å²) in [5, 5.41) is 2.61. The van der Waals surface area contributed by atoms with Gasteiger partial charge in [-0.3, -0.25) is 4.79 Å². The first-order chi connectivity index (χ1) is 9.10. The maximum Gasteiger partial charge on any atom is 0.259 e. The van der Waals surface area contributed by atoms with Crippen LogP contribution in [0.4, 0.5) is 11.5 Å². The molecule has 1 heterocycles. The predicted molar refractivity (Wildman–Crippen MR) is 75.1 cm³/mol. The molecule has 0 bridgehead atoms. The number of carbonyl (C=O) groups is 1. The molecule has 0 aliphatic rings. The van der Waals surface area contributed by atoms with Crippen LogP contribution in [0.3, 0.4) is 0 Å². The zero-order chi connectivity index (χ0) is 13.8. The van der Waals surface area contributed by atoms with Crippen LogP contribution in [-0.4, -0.2) is 23.0 Å². The number of hydrogen-bond donors (Lipinski definition) is 2. The normalized spacial score (nSPS) is 10.0. The Morgan fingerprint density at radius 2 is 2.16 bits per heavy atom. The Morgan fingerprint density at radius 3 is 2.79 bits per heavy atom. The standard InChI is InChI=1S/C12H11BrN4O2/c1-19-7-2-3-9(14)8(4-7)12(18)17-11-6-15-10(13)5-16-11/h2-6H,14H2,1H3,(H,16,17,18). The molecule has 19 heavy (non-hydrogen) atoms. The topological polar surface area (TPSA) is 90.1 Å². The number of anilines is 2. The third-order valence-corrected chi connectivity index (χ3v) is 2.78. The molecular weight excluding hydrogens is 312 g/mol. The van der Waals surface area contributed by atoms with Crippen LogP contribution >= 0.6 is 15.9 Å². The highest BCUT2D eigenvalue weighted by Crippen LogP contribution is 2.20. The molecule has 2 aromatic rings. The first-order valence-electron chi connectivity index (χ1n) is 5.32. The van der Waals surface area contributed by atoms with Gasteiger partial charge in [0.25, 0.3) is 5.91 Å².